The smallest absolute Gasteiger partial charge is 0.303 e. The number of allylic oxidation sites excluding steroid dienone is 2. The molecule has 0 aliphatic carbocycles. The summed E-state index contributed by atoms with van der Waals surface area (Å²) in [6, 6.07) is 0. The molecule has 2 atom stereocenters. The van der Waals surface area contributed by atoms with Gasteiger partial charge in [-0.05, 0) is 38.5 Å². The second-order valence-corrected chi connectivity index (χ2v) is 5.74. The molecule has 0 amide bonds. The van der Waals surface area contributed by atoms with Gasteiger partial charge >= 0.3 is 5.97 Å². The molecule has 0 aromatic heterocycles. The van der Waals surface area contributed by atoms with Crippen molar-refractivity contribution >= 4 is 5.97 Å². The molecule has 1 aliphatic rings. The third-order valence-corrected chi connectivity index (χ3v) is 3.75. The summed E-state index contributed by atoms with van der Waals surface area (Å²) in [6.45, 7) is 2.15. The average Bonchev–Trinajstić information content (AvgIpc) is 3.19. The van der Waals surface area contributed by atoms with E-state index in [4.69, 9.17) is 9.84 Å². The van der Waals surface area contributed by atoms with Crippen LogP contribution in [0.1, 0.15) is 71.1 Å². The third-order valence-electron chi connectivity index (χ3n) is 3.75. The first kappa shape index (κ1) is 18.0. The summed E-state index contributed by atoms with van der Waals surface area (Å²) in [7, 11) is 0. The van der Waals surface area contributed by atoms with E-state index < -0.39 is 5.97 Å². The lowest BCUT2D eigenvalue weighted by atomic mass is 10.1. The Balaban J connectivity index is 1.84. The zero-order valence-electron chi connectivity index (χ0n) is 13.3. The summed E-state index contributed by atoms with van der Waals surface area (Å²) in [4.78, 5) is 10.3. The van der Waals surface area contributed by atoms with E-state index in [1.807, 2.05) is 0 Å². The molecule has 1 heterocycles. The molecule has 0 radical (unpaired) electrons. The lowest BCUT2D eigenvalue weighted by Crippen LogP contribution is -1.93. The minimum Gasteiger partial charge on any atom is -0.481 e. The summed E-state index contributed by atoms with van der Waals surface area (Å²) in [5, 5.41) is 8.52. The number of aliphatic carboxylic acids is 1. The van der Waals surface area contributed by atoms with Crippen LogP contribution in [-0.2, 0) is 9.53 Å². The van der Waals surface area contributed by atoms with Crippen LogP contribution < -0.4 is 0 Å². The summed E-state index contributed by atoms with van der Waals surface area (Å²) in [5.41, 5.74) is 0. The van der Waals surface area contributed by atoms with Crippen molar-refractivity contribution in [2.45, 2.75) is 83.3 Å². The van der Waals surface area contributed by atoms with Gasteiger partial charge in [0.1, 0.15) is 0 Å². The summed E-state index contributed by atoms with van der Waals surface area (Å²) in [6.07, 6.45) is 19.9. The zero-order chi connectivity index (χ0) is 15.3. The molecular formula is C18H30O3. The van der Waals surface area contributed by atoms with Gasteiger partial charge in [0.25, 0.3) is 0 Å². The Labute approximate surface area is 129 Å². The lowest BCUT2D eigenvalue weighted by molar-refractivity contribution is -0.137. The molecule has 1 rings (SSSR count). The number of carboxylic acid groups (broad SMARTS) is 1. The first-order valence-electron chi connectivity index (χ1n) is 8.41. The topological polar surface area (TPSA) is 49.8 Å². The fourth-order valence-electron chi connectivity index (χ4n) is 2.41. The molecule has 120 valence electrons. The number of hydrogen-bond acceptors (Lipinski definition) is 2. The van der Waals surface area contributed by atoms with Gasteiger partial charge in [0.2, 0.25) is 0 Å². The predicted octanol–water partition coefficient (Wildman–Crippen LogP) is 4.87. The monoisotopic (exact) mass is 294 g/mol. The summed E-state index contributed by atoms with van der Waals surface area (Å²) < 4.78 is 5.60. The third kappa shape index (κ3) is 10.3. The van der Waals surface area contributed by atoms with Crippen LogP contribution in [0.4, 0.5) is 0 Å². The van der Waals surface area contributed by atoms with Crippen LogP contribution in [0, 0.1) is 0 Å². The Morgan fingerprint density at radius 3 is 2.24 bits per heavy atom. The van der Waals surface area contributed by atoms with Gasteiger partial charge in [-0.3, -0.25) is 4.79 Å². The van der Waals surface area contributed by atoms with E-state index >= 15 is 0 Å². The Morgan fingerprint density at radius 2 is 1.57 bits per heavy atom. The van der Waals surface area contributed by atoms with Crippen LogP contribution in [0.2, 0.25) is 0 Å². The molecule has 21 heavy (non-hydrogen) atoms. The molecule has 0 aromatic carbocycles. The van der Waals surface area contributed by atoms with Crippen LogP contribution in [0.5, 0.6) is 0 Å². The maximum Gasteiger partial charge on any atom is 0.303 e. The van der Waals surface area contributed by atoms with Gasteiger partial charge in [0, 0.05) is 6.42 Å². The fourth-order valence-corrected chi connectivity index (χ4v) is 2.41. The minimum absolute atomic E-state index is 0.315. The molecule has 0 spiro atoms. The van der Waals surface area contributed by atoms with Crippen molar-refractivity contribution in [1.82, 2.24) is 0 Å². The molecule has 0 bridgehead atoms. The number of rotatable bonds is 13. The normalized spacial score (nSPS) is 21.4. The molecule has 1 aliphatic heterocycles. The fraction of sp³-hybridized carbons (Fsp3) is 0.722. The first-order valence-corrected chi connectivity index (χ1v) is 8.41. The minimum atomic E-state index is -0.677. The van der Waals surface area contributed by atoms with Gasteiger partial charge in [-0.15, -0.1) is 0 Å². The quantitative estimate of drug-likeness (QED) is 0.299. The van der Waals surface area contributed by atoms with Crippen molar-refractivity contribution in [2.24, 2.45) is 0 Å². The molecule has 3 heteroatoms. The Hall–Kier alpha value is -1.09. The molecule has 1 saturated heterocycles. The second-order valence-electron chi connectivity index (χ2n) is 5.74. The van der Waals surface area contributed by atoms with Gasteiger partial charge < -0.3 is 9.84 Å². The number of carbonyl (C=O) groups is 1. The van der Waals surface area contributed by atoms with Gasteiger partial charge in [0.15, 0.2) is 0 Å². The highest BCUT2D eigenvalue weighted by atomic mass is 16.6. The maximum atomic E-state index is 10.3. The summed E-state index contributed by atoms with van der Waals surface area (Å²) in [5.74, 6) is -0.677. The van der Waals surface area contributed by atoms with Crippen molar-refractivity contribution in [2.75, 3.05) is 0 Å². The highest BCUT2D eigenvalue weighted by Crippen LogP contribution is 2.29. The number of ether oxygens (including phenoxy) is 1. The highest BCUT2D eigenvalue weighted by Gasteiger charge is 2.35. The van der Waals surface area contributed by atoms with Gasteiger partial charge in [-0.25, -0.2) is 0 Å². The van der Waals surface area contributed by atoms with Gasteiger partial charge in [-0.1, -0.05) is 50.5 Å². The molecule has 3 nitrogen and oxygen atoms in total. The lowest BCUT2D eigenvalue weighted by Gasteiger charge is -1.98. The van der Waals surface area contributed by atoms with Crippen LogP contribution >= 0.6 is 0 Å². The standard InChI is InChI=1S/C18H30O3/c1-2-3-10-13-16-17(21-16)14-11-8-6-4-5-7-9-12-15-18(19)20/h3,8,10-11,16-17H,2,4-7,9,12-15H2,1H3,(H,19,20)/b10-3-,11-8-/t16-,17+/m1/s1. The van der Waals surface area contributed by atoms with E-state index in [0.29, 0.717) is 18.6 Å². The van der Waals surface area contributed by atoms with Crippen LogP contribution in [0.25, 0.3) is 0 Å². The van der Waals surface area contributed by atoms with Crippen molar-refractivity contribution < 1.29 is 14.6 Å². The predicted molar refractivity (Wildman–Crippen MR) is 86.4 cm³/mol. The van der Waals surface area contributed by atoms with E-state index in [0.717, 1.165) is 44.9 Å². The van der Waals surface area contributed by atoms with E-state index in [1.54, 1.807) is 0 Å². The highest BCUT2D eigenvalue weighted by molar-refractivity contribution is 5.66. The first-order chi connectivity index (χ1) is 10.2. The molecule has 1 fully saturated rings. The molecule has 1 N–H and O–H groups in total. The van der Waals surface area contributed by atoms with Crippen molar-refractivity contribution in [3.05, 3.63) is 24.3 Å². The van der Waals surface area contributed by atoms with Crippen LogP contribution in [0.15, 0.2) is 24.3 Å². The van der Waals surface area contributed by atoms with Crippen LogP contribution in [-0.4, -0.2) is 23.3 Å². The SMILES string of the molecule is CC/C=C\C[C@H]1O[C@H]1C/C=C\CCCCCCCC(=O)O. The van der Waals surface area contributed by atoms with E-state index in [1.165, 1.54) is 12.8 Å². The second kappa shape index (κ2) is 11.6. The van der Waals surface area contributed by atoms with Crippen molar-refractivity contribution in [3.8, 4) is 0 Å². The zero-order valence-corrected chi connectivity index (χ0v) is 13.3. The van der Waals surface area contributed by atoms with Crippen molar-refractivity contribution in [3.63, 3.8) is 0 Å². The van der Waals surface area contributed by atoms with Gasteiger partial charge in [-0.2, -0.15) is 0 Å². The molecule has 0 aromatic rings. The van der Waals surface area contributed by atoms with E-state index in [2.05, 4.69) is 31.2 Å². The molecular weight excluding hydrogens is 264 g/mol. The molecule has 0 saturated carbocycles. The Bertz CT molecular complexity index is 333. The molecule has 0 unspecified atom stereocenters. The summed E-state index contributed by atoms with van der Waals surface area (Å²) >= 11 is 0. The largest absolute Gasteiger partial charge is 0.481 e. The number of unbranched alkanes of at least 4 members (excludes halogenated alkanes) is 5. The van der Waals surface area contributed by atoms with Gasteiger partial charge in [0.05, 0.1) is 12.2 Å². The van der Waals surface area contributed by atoms with E-state index in [9.17, 15) is 4.79 Å². The Kier molecular flexibility index (Phi) is 9.88. The average molecular weight is 294 g/mol. The number of hydrogen-bond donors (Lipinski definition) is 1. The number of carboxylic acids is 1. The number of epoxide rings is 1. The van der Waals surface area contributed by atoms with Crippen LogP contribution in [0.3, 0.4) is 0 Å². The van der Waals surface area contributed by atoms with E-state index in [-0.39, 0.29) is 0 Å². The van der Waals surface area contributed by atoms with Crippen molar-refractivity contribution in [1.29, 1.82) is 0 Å². The Morgan fingerprint density at radius 1 is 0.952 bits per heavy atom. The maximum absolute atomic E-state index is 10.3.